The average molecular weight is 606 g/mol. The van der Waals surface area contributed by atoms with Gasteiger partial charge in [-0.1, -0.05) is 45.0 Å². The third-order valence-electron chi connectivity index (χ3n) is 8.56. The van der Waals surface area contributed by atoms with Gasteiger partial charge in [0, 0.05) is 50.5 Å². The number of ether oxygens (including phenoxy) is 2. The summed E-state index contributed by atoms with van der Waals surface area (Å²) in [6.07, 6.45) is -3.22. The molecule has 0 aromatic heterocycles. The molecule has 5 atom stereocenters. The number of alkyl halides is 3. The molecular formula is C32H42F3N3O5. The molecule has 2 heterocycles. The number of hydrogen-bond acceptors (Lipinski definition) is 6. The monoisotopic (exact) mass is 605 g/mol. The number of para-hydroxylation sites is 1. The minimum Gasteiger partial charge on any atom is -0.496 e. The van der Waals surface area contributed by atoms with Gasteiger partial charge in [-0.25, -0.2) is 4.79 Å². The van der Waals surface area contributed by atoms with E-state index in [0.29, 0.717) is 25.0 Å². The molecule has 2 N–H and O–H groups in total. The van der Waals surface area contributed by atoms with Gasteiger partial charge in [0.05, 0.1) is 31.2 Å². The van der Waals surface area contributed by atoms with Crippen LogP contribution in [0.15, 0.2) is 42.5 Å². The maximum Gasteiger partial charge on any atom is 0.416 e. The Kier molecular flexibility index (Phi) is 9.66. The van der Waals surface area contributed by atoms with Crippen LogP contribution < -0.4 is 15.0 Å². The first-order valence-electron chi connectivity index (χ1n) is 14.5. The number of carboxylic acid groups (broad SMARTS) is 1. The van der Waals surface area contributed by atoms with Crippen molar-refractivity contribution in [3.05, 3.63) is 59.2 Å². The van der Waals surface area contributed by atoms with Crippen LogP contribution in [0, 0.1) is 17.3 Å². The fourth-order valence-electron chi connectivity index (χ4n) is 6.64. The van der Waals surface area contributed by atoms with Gasteiger partial charge in [-0.05, 0) is 42.0 Å². The van der Waals surface area contributed by atoms with Crippen molar-refractivity contribution in [3.63, 3.8) is 0 Å². The van der Waals surface area contributed by atoms with Crippen molar-refractivity contribution in [2.24, 2.45) is 17.3 Å². The normalized spacial score (nSPS) is 24.6. The van der Waals surface area contributed by atoms with Gasteiger partial charge < -0.3 is 29.7 Å². The molecule has 236 valence electrons. The first-order chi connectivity index (χ1) is 20.2. The number of nitrogens with zero attached hydrogens (tertiary/aromatic N) is 2. The molecule has 8 nitrogen and oxygen atoms in total. The maximum atomic E-state index is 14.3. The number of carbonyl (C=O) groups excluding carboxylic acids is 1. The molecule has 2 fully saturated rings. The average Bonchev–Trinajstić information content (AvgIpc) is 3.31. The summed E-state index contributed by atoms with van der Waals surface area (Å²) < 4.78 is 51.2. The van der Waals surface area contributed by atoms with Crippen LogP contribution in [0.4, 0.5) is 18.9 Å². The van der Waals surface area contributed by atoms with Crippen LogP contribution in [0.2, 0.25) is 0 Å². The number of likely N-dealkylation sites (tertiary alicyclic amines) is 1. The molecule has 0 aliphatic carbocycles. The third-order valence-corrected chi connectivity index (χ3v) is 8.56. The molecule has 0 saturated carbocycles. The summed E-state index contributed by atoms with van der Waals surface area (Å²) in [7, 11) is 5.09. The van der Waals surface area contributed by atoms with E-state index in [1.807, 2.05) is 64.0 Å². The van der Waals surface area contributed by atoms with Crippen molar-refractivity contribution in [2.75, 3.05) is 39.3 Å². The molecule has 2 saturated heterocycles. The molecule has 0 radical (unpaired) electrons. The number of anilines is 1. The van der Waals surface area contributed by atoms with E-state index in [-0.39, 0.29) is 24.8 Å². The number of halogens is 3. The molecule has 1 amide bonds. The molecule has 2 aromatic carbocycles. The Morgan fingerprint density at radius 3 is 2.40 bits per heavy atom. The molecule has 43 heavy (non-hydrogen) atoms. The van der Waals surface area contributed by atoms with Gasteiger partial charge in [0.2, 0.25) is 5.91 Å². The fraction of sp³-hybridized carbons (Fsp3) is 0.562. The van der Waals surface area contributed by atoms with E-state index in [1.54, 1.807) is 4.90 Å². The highest BCUT2D eigenvalue weighted by molar-refractivity contribution is 5.87. The van der Waals surface area contributed by atoms with E-state index >= 15 is 0 Å². The van der Waals surface area contributed by atoms with Gasteiger partial charge in [-0.15, -0.1) is 0 Å². The van der Waals surface area contributed by atoms with Crippen molar-refractivity contribution in [1.29, 1.82) is 0 Å². The number of hydrogen-bond donors (Lipinski definition) is 2. The summed E-state index contributed by atoms with van der Waals surface area (Å²) in [5, 5.41) is 14.2. The zero-order valence-corrected chi connectivity index (χ0v) is 25.6. The molecule has 1 unspecified atom stereocenters. The summed E-state index contributed by atoms with van der Waals surface area (Å²) in [6.45, 7) is 6.74. The van der Waals surface area contributed by atoms with Gasteiger partial charge in [0.25, 0.3) is 0 Å². The summed E-state index contributed by atoms with van der Waals surface area (Å²) in [5.41, 5.74) is 0.709. The van der Waals surface area contributed by atoms with Crippen LogP contribution in [0.5, 0.6) is 5.75 Å². The van der Waals surface area contributed by atoms with Gasteiger partial charge >= 0.3 is 12.1 Å². The molecule has 0 bridgehead atoms. The fourth-order valence-corrected chi connectivity index (χ4v) is 6.64. The van der Waals surface area contributed by atoms with Gasteiger partial charge in [-0.3, -0.25) is 4.79 Å². The highest BCUT2D eigenvalue weighted by Gasteiger charge is 2.59. The number of methoxy groups -OCH3 is 1. The van der Waals surface area contributed by atoms with Crippen LogP contribution in [-0.2, 0) is 27.0 Å². The van der Waals surface area contributed by atoms with Crippen molar-refractivity contribution < 1.29 is 37.3 Å². The van der Waals surface area contributed by atoms with E-state index < -0.39 is 53.1 Å². The second kappa shape index (κ2) is 12.7. The van der Waals surface area contributed by atoms with E-state index in [2.05, 4.69) is 5.32 Å². The van der Waals surface area contributed by atoms with E-state index in [1.165, 1.54) is 13.2 Å². The minimum atomic E-state index is -4.53. The lowest BCUT2D eigenvalue weighted by Crippen LogP contribution is -2.50. The van der Waals surface area contributed by atoms with Crippen molar-refractivity contribution in [3.8, 4) is 5.75 Å². The number of nitrogens with one attached hydrogen (secondary N) is 1. The highest BCUT2D eigenvalue weighted by atomic mass is 19.4. The maximum absolute atomic E-state index is 14.3. The lowest BCUT2D eigenvalue weighted by Gasteiger charge is -2.36. The second-order valence-corrected chi connectivity index (χ2v) is 12.7. The first-order valence-corrected chi connectivity index (χ1v) is 14.5. The zero-order chi connectivity index (χ0) is 31.7. The van der Waals surface area contributed by atoms with Gasteiger partial charge in [0.15, 0.2) is 0 Å². The Morgan fingerprint density at radius 1 is 1.14 bits per heavy atom. The van der Waals surface area contributed by atoms with E-state index in [0.717, 1.165) is 23.4 Å². The summed E-state index contributed by atoms with van der Waals surface area (Å²) >= 11 is 0. The van der Waals surface area contributed by atoms with Crippen molar-refractivity contribution in [2.45, 2.75) is 64.5 Å². The Balaban J connectivity index is 1.86. The summed E-state index contributed by atoms with van der Waals surface area (Å²) in [4.78, 5) is 30.9. The quantitative estimate of drug-likeness (QED) is 0.419. The van der Waals surface area contributed by atoms with Gasteiger partial charge in [0.1, 0.15) is 11.8 Å². The summed E-state index contributed by atoms with van der Waals surface area (Å²) in [5.74, 6) is -2.33. The summed E-state index contributed by atoms with van der Waals surface area (Å²) in [6, 6.07) is 8.54. The predicted molar refractivity (Wildman–Crippen MR) is 157 cm³/mol. The number of rotatable bonds is 8. The van der Waals surface area contributed by atoms with Crippen LogP contribution in [0.1, 0.15) is 56.3 Å². The highest BCUT2D eigenvalue weighted by Crippen LogP contribution is 2.50. The standard InChI is InChI=1S/C32H42F3N3O5/c1-31(2,3)25-26(36-17-19-13-14-21(32(33,34)35)16-24(19)42-6)27(22-11-7-8-12-23(22)37(4)5)38(28(25)30(40)41)29(39)20-10-9-15-43-18-20/h7-8,11-14,16,20,25-28,36H,9-10,15,17-18H2,1-6H3,(H,40,41)/t20?,25-,26-,27-,28-/m1/s1. The molecule has 2 aromatic rings. The first kappa shape index (κ1) is 32.6. The Hall–Kier alpha value is -3.31. The zero-order valence-electron chi connectivity index (χ0n) is 25.6. The molecular weight excluding hydrogens is 563 g/mol. The smallest absolute Gasteiger partial charge is 0.416 e. The number of benzene rings is 2. The number of carboxylic acids is 1. The lowest BCUT2D eigenvalue weighted by molar-refractivity contribution is -0.156. The second-order valence-electron chi connectivity index (χ2n) is 12.7. The molecule has 4 rings (SSSR count). The number of aliphatic carboxylic acids is 1. The molecule has 2 aliphatic rings. The van der Waals surface area contributed by atoms with E-state index in [9.17, 15) is 27.9 Å². The lowest BCUT2D eigenvalue weighted by atomic mass is 9.72. The largest absolute Gasteiger partial charge is 0.496 e. The Labute approximate surface area is 251 Å². The van der Waals surface area contributed by atoms with Crippen molar-refractivity contribution in [1.82, 2.24) is 10.2 Å². The van der Waals surface area contributed by atoms with Crippen LogP contribution in [0.3, 0.4) is 0 Å². The third kappa shape index (κ3) is 6.77. The van der Waals surface area contributed by atoms with Crippen molar-refractivity contribution >= 4 is 17.6 Å². The van der Waals surface area contributed by atoms with Crippen LogP contribution >= 0.6 is 0 Å². The van der Waals surface area contributed by atoms with Crippen LogP contribution in [-0.4, -0.2) is 68.4 Å². The number of carbonyl (C=O) groups is 2. The topological polar surface area (TPSA) is 91.3 Å². The Bertz CT molecular complexity index is 1300. The van der Waals surface area contributed by atoms with E-state index in [4.69, 9.17) is 9.47 Å². The minimum absolute atomic E-state index is 0.0694. The van der Waals surface area contributed by atoms with Crippen LogP contribution in [0.25, 0.3) is 0 Å². The number of amides is 1. The SMILES string of the molecule is COc1cc(C(F)(F)F)ccc1CN[C@@H]1[C@@H](C(C)(C)C)[C@H](C(=O)O)N(C(=O)C2CCCOC2)[C@@H]1c1ccccc1N(C)C. The molecule has 0 spiro atoms. The van der Waals surface area contributed by atoms with Gasteiger partial charge in [-0.2, -0.15) is 13.2 Å². The molecule has 11 heteroatoms. The molecule has 2 aliphatic heterocycles. The predicted octanol–water partition coefficient (Wildman–Crippen LogP) is 5.36. The Morgan fingerprint density at radius 2 is 1.84 bits per heavy atom.